The molecular formula is C32H40N6O. The Labute approximate surface area is 231 Å². The summed E-state index contributed by atoms with van der Waals surface area (Å²) in [6.45, 7) is 4.15. The lowest BCUT2D eigenvalue weighted by Crippen LogP contribution is -2.26. The number of para-hydroxylation sites is 1. The van der Waals surface area contributed by atoms with E-state index in [0.717, 1.165) is 61.6 Å². The van der Waals surface area contributed by atoms with Gasteiger partial charge in [-0.15, -0.1) is 0 Å². The monoisotopic (exact) mass is 524 g/mol. The van der Waals surface area contributed by atoms with Gasteiger partial charge in [-0.1, -0.05) is 30.3 Å². The Morgan fingerprint density at radius 3 is 2.62 bits per heavy atom. The molecule has 0 saturated heterocycles. The normalized spacial score (nSPS) is 19.1. The molecule has 2 aliphatic carbocycles. The van der Waals surface area contributed by atoms with Crippen molar-refractivity contribution in [1.29, 1.82) is 0 Å². The first-order valence-electron chi connectivity index (χ1n) is 14.6. The van der Waals surface area contributed by atoms with Gasteiger partial charge < -0.3 is 25.7 Å². The molecule has 4 N–H and O–H groups in total. The average molecular weight is 525 g/mol. The zero-order chi connectivity index (χ0) is 26.4. The number of hydrogen-bond donors (Lipinski definition) is 3. The Balaban J connectivity index is 0.882. The molecule has 6 rings (SSSR count). The summed E-state index contributed by atoms with van der Waals surface area (Å²) < 4.78 is 8.37. The van der Waals surface area contributed by atoms with Crippen LogP contribution in [-0.4, -0.2) is 40.7 Å². The molecule has 2 aliphatic rings. The third kappa shape index (κ3) is 6.43. The molecule has 0 bridgehead atoms. The highest BCUT2D eigenvalue weighted by Gasteiger charge is 2.32. The van der Waals surface area contributed by atoms with E-state index in [1.165, 1.54) is 43.2 Å². The minimum Gasteiger partial charge on any atom is -0.457 e. The minimum atomic E-state index is 0.513. The molecule has 39 heavy (non-hydrogen) atoms. The van der Waals surface area contributed by atoms with Gasteiger partial charge in [0.1, 0.15) is 29.3 Å². The minimum absolute atomic E-state index is 0.513. The molecule has 4 aromatic rings. The van der Waals surface area contributed by atoms with Crippen molar-refractivity contribution in [3.05, 3.63) is 78.2 Å². The van der Waals surface area contributed by atoms with E-state index in [1.54, 1.807) is 6.33 Å². The summed E-state index contributed by atoms with van der Waals surface area (Å²) in [7, 11) is 0. The molecule has 2 unspecified atom stereocenters. The summed E-state index contributed by atoms with van der Waals surface area (Å²) in [4.78, 5) is 8.91. The van der Waals surface area contributed by atoms with Crippen LogP contribution in [0.1, 0.15) is 61.6 Å². The highest BCUT2D eigenvalue weighted by molar-refractivity contribution is 5.90. The van der Waals surface area contributed by atoms with E-state index in [-0.39, 0.29) is 0 Å². The summed E-state index contributed by atoms with van der Waals surface area (Å²) in [5, 5.41) is 8.40. The number of nitrogens with two attached hydrogens (primary N) is 1. The van der Waals surface area contributed by atoms with Gasteiger partial charge in [-0.25, -0.2) is 9.97 Å². The maximum absolute atomic E-state index is 6.26. The molecule has 2 heterocycles. The van der Waals surface area contributed by atoms with Gasteiger partial charge in [0.15, 0.2) is 0 Å². The topological polar surface area (TPSA) is 90.0 Å². The molecule has 7 heteroatoms. The van der Waals surface area contributed by atoms with E-state index in [9.17, 15) is 0 Å². The number of ether oxygens (including phenoxy) is 1. The molecule has 7 nitrogen and oxygen atoms in total. The van der Waals surface area contributed by atoms with Crippen LogP contribution in [0.3, 0.4) is 0 Å². The van der Waals surface area contributed by atoms with Gasteiger partial charge in [0.25, 0.3) is 0 Å². The average Bonchev–Trinajstić information content (AvgIpc) is 3.56. The van der Waals surface area contributed by atoms with Crippen LogP contribution in [0.5, 0.6) is 11.5 Å². The van der Waals surface area contributed by atoms with Gasteiger partial charge >= 0.3 is 0 Å². The number of aromatic nitrogens is 3. The Bertz CT molecular complexity index is 1370. The predicted octanol–water partition coefficient (Wildman–Crippen LogP) is 5.84. The van der Waals surface area contributed by atoms with Crippen molar-refractivity contribution in [2.24, 2.45) is 5.92 Å². The van der Waals surface area contributed by atoms with Crippen molar-refractivity contribution in [3.63, 3.8) is 0 Å². The summed E-state index contributed by atoms with van der Waals surface area (Å²) in [5.41, 5.74) is 9.95. The van der Waals surface area contributed by atoms with Gasteiger partial charge in [0.05, 0.1) is 5.39 Å². The van der Waals surface area contributed by atoms with Crippen LogP contribution in [0.15, 0.2) is 67.1 Å². The Hall–Kier alpha value is -3.42. The summed E-state index contributed by atoms with van der Waals surface area (Å²) in [5.74, 6) is 3.76. The molecule has 2 fully saturated rings. The molecule has 0 aliphatic heterocycles. The fourth-order valence-corrected chi connectivity index (χ4v) is 6.00. The SMILES string of the molecule is Nc1ncnc2c1c(C1CC1)cn2C1CCC(CNCCCNCCc2cccc(Oc3ccccc3)c2)C1. The first-order valence-corrected chi connectivity index (χ1v) is 14.6. The number of nitrogens with one attached hydrogen (secondary N) is 2. The van der Waals surface area contributed by atoms with E-state index in [1.807, 2.05) is 36.4 Å². The smallest absolute Gasteiger partial charge is 0.146 e. The van der Waals surface area contributed by atoms with Gasteiger partial charge in [0, 0.05) is 12.2 Å². The van der Waals surface area contributed by atoms with E-state index in [0.29, 0.717) is 23.7 Å². The number of hydrogen-bond acceptors (Lipinski definition) is 6. The lowest BCUT2D eigenvalue weighted by Gasteiger charge is -2.15. The maximum Gasteiger partial charge on any atom is 0.146 e. The van der Waals surface area contributed by atoms with Crippen molar-refractivity contribution in [1.82, 2.24) is 25.2 Å². The molecule has 2 aromatic heterocycles. The van der Waals surface area contributed by atoms with Crippen molar-refractivity contribution in [3.8, 4) is 11.5 Å². The second-order valence-electron chi connectivity index (χ2n) is 11.2. The van der Waals surface area contributed by atoms with Crippen LogP contribution in [0.25, 0.3) is 11.0 Å². The van der Waals surface area contributed by atoms with Crippen LogP contribution in [0.4, 0.5) is 5.82 Å². The zero-order valence-electron chi connectivity index (χ0n) is 22.7. The summed E-state index contributed by atoms with van der Waals surface area (Å²) >= 11 is 0. The van der Waals surface area contributed by atoms with E-state index in [4.69, 9.17) is 10.5 Å². The number of rotatable bonds is 13. The van der Waals surface area contributed by atoms with Gasteiger partial charge in [0.2, 0.25) is 0 Å². The number of nitrogen functional groups attached to an aromatic ring is 1. The largest absolute Gasteiger partial charge is 0.457 e. The predicted molar refractivity (Wildman–Crippen MR) is 157 cm³/mol. The third-order valence-corrected chi connectivity index (χ3v) is 8.20. The van der Waals surface area contributed by atoms with Gasteiger partial charge in [-0.05, 0) is 118 Å². The molecule has 204 valence electrons. The third-order valence-electron chi connectivity index (χ3n) is 8.20. The lowest BCUT2D eigenvalue weighted by atomic mass is 10.1. The number of fused-ring (bicyclic) bond motifs is 1. The van der Waals surface area contributed by atoms with Crippen molar-refractivity contribution >= 4 is 16.9 Å². The van der Waals surface area contributed by atoms with Crippen LogP contribution in [0.2, 0.25) is 0 Å². The van der Waals surface area contributed by atoms with E-state index in [2.05, 4.69) is 49.6 Å². The Morgan fingerprint density at radius 1 is 0.897 bits per heavy atom. The Morgan fingerprint density at radius 2 is 1.74 bits per heavy atom. The molecule has 0 amide bonds. The molecule has 2 saturated carbocycles. The number of anilines is 1. The molecule has 0 radical (unpaired) electrons. The van der Waals surface area contributed by atoms with Crippen LogP contribution < -0.4 is 21.1 Å². The second kappa shape index (κ2) is 12.2. The van der Waals surface area contributed by atoms with E-state index < -0.39 is 0 Å². The number of nitrogens with zero attached hydrogens (tertiary/aromatic N) is 3. The highest BCUT2D eigenvalue weighted by atomic mass is 16.5. The van der Waals surface area contributed by atoms with Crippen LogP contribution in [-0.2, 0) is 6.42 Å². The molecular weight excluding hydrogens is 484 g/mol. The molecule has 2 aromatic carbocycles. The fourth-order valence-electron chi connectivity index (χ4n) is 6.00. The standard InChI is InChI=1S/C32H40N6O/c33-31-30-29(25-11-12-25)21-38(32(30)37-22-36-31)26-13-10-24(18-26)20-35-16-5-15-34-17-14-23-6-4-9-28(19-23)39-27-7-2-1-3-8-27/h1-4,6-9,19,21-22,24-26,34-35H,5,10-18,20H2,(H2,33,36,37). The highest BCUT2D eigenvalue weighted by Crippen LogP contribution is 2.46. The quantitative estimate of drug-likeness (QED) is 0.191. The fraction of sp³-hybridized carbons (Fsp3) is 0.438. The van der Waals surface area contributed by atoms with Crippen molar-refractivity contribution < 1.29 is 4.74 Å². The van der Waals surface area contributed by atoms with E-state index >= 15 is 0 Å². The molecule has 0 spiro atoms. The number of benzene rings is 2. The van der Waals surface area contributed by atoms with Gasteiger partial charge in [-0.2, -0.15) is 0 Å². The Kier molecular flexibility index (Phi) is 8.07. The first-order chi connectivity index (χ1) is 19.2. The van der Waals surface area contributed by atoms with Crippen molar-refractivity contribution in [2.45, 2.75) is 56.9 Å². The molecule has 2 atom stereocenters. The summed E-state index contributed by atoms with van der Waals surface area (Å²) in [6.07, 6.45) is 12.3. The lowest BCUT2D eigenvalue weighted by molar-refractivity contribution is 0.451. The maximum atomic E-state index is 6.26. The zero-order valence-corrected chi connectivity index (χ0v) is 22.7. The van der Waals surface area contributed by atoms with Crippen molar-refractivity contribution in [2.75, 3.05) is 31.9 Å². The van der Waals surface area contributed by atoms with Crippen LogP contribution >= 0.6 is 0 Å². The first kappa shape index (κ1) is 25.8. The summed E-state index contributed by atoms with van der Waals surface area (Å²) in [6, 6.07) is 18.8. The van der Waals surface area contributed by atoms with Gasteiger partial charge in [-0.3, -0.25) is 0 Å². The van der Waals surface area contributed by atoms with Crippen LogP contribution in [0, 0.1) is 5.92 Å². The second-order valence-corrected chi connectivity index (χ2v) is 11.2.